The number of nitrogens with two attached hydrogens (primary N) is 1. The first-order valence-electron chi connectivity index (χ1n) is 4.71. The van der Waals surface area contributed by atoms with Crippen molar-refractivity contribution in [3.8, 4) is 0 Å². The molecular weight excluding hydrogens is 286 g/mol. The van der Waals surface area contributed by atoms with E-state index in [0.717, 1.165) is 11.3 Å². The molecule has 5 nitrogen and oxygen atoms in total. The minimum absolute atomic E-state index is 0.293. The first-order chi connectivity index (χ1) is 8.41. The largest absolute Gasteiger partial charge is 0.368 e. The molecule has 1 aromatic heterocycles. The molecule has 0 aliphatic heterocycles. The highest BCUT2D eigenvalue weighted by Gasteiger charge is 2.27. The molecule has 0 aliphatic rings. The molecule has 1 aromatic rings. The SMILES string of the molecule is NC(=O)[C@H](C=S(=O)=O)N[C@@H](c1cccs1)C(F)F. The zero-order valence-corrected chi connectivity index (χ0v) is 10.5. The van der Waals surface area contributed by atoms with Crippen LogP contribution in [0.25, 0.3) is 0 Å². The fraction of sp³-hybridized carbons (Fsp3) is 0.333. The van der Waals surface area contributed by atoms with E-state index in [0.29, 0.717) is 10.2 Å². The average molecular weight is 296 g/mol. The van der Waals surface area contributed by atoms with Gasteiger partial charge in [-0.15, -0.1) is 11.3 Å². The fourth-order valence-corrected chi connectivity index (χ4v) is 2.46. The fourth-order valence-electron chi connectivity index (χ4n) is 1.24. The predicted molar refractivity (Wildman–Crippen MR) is 64.2 cm³/mol. The van der Waals surface area contributed by atoms with Crippen LogP contribution in [-0.2, 0) is 15.1 Å². The Hall–Kier alpha value is -1.32. The maximum Gasteiger partial charge on any atom is 0.258 e. The molecular formula is C9H10F2N2O3S2. The summed E-state index contributed by atoms with van der Waals surface area (Å²) >= 11 is 1.07. The topological polar surface area (TPSA) is 89.3 Å². The van der Waals surface area contributed by atoms with Gasteiger partial charge >= 0.3 is 0 Å². The first kappa shape index (κ1) is 14.7. The molecule has 0 unspecified atom stereocenters. The summed E-state index contributed by atoms with van der Waals surface area (Å²) in [5.41, 5.74) is 4.94. The Labute approximate surface area is 107 Å². The molecule has 18 heavy (non-hydrogen) atoms. The summed E-state index contributed by atoms with van der Waals surface area (Å²) in [7, 11) is -2.67. The molecule has 2 atom stereocenters. The van der Waals surface area contributed by atoms with E-state index in [1.165, 1.54) is 6.07 Å². The van der Waals surface area contributed by atoms with Crippen LogP contribution in [0.2, 0.25) is 0 Å². The van der Waals surface area contributed by atoms with Crippen molar-refractivity contribution in [3.63, 3.8) is 0 Å². The molecule has 0 saturated heterocycles. The maximum absolute atomic E-state index is 12.8. The summed E-state index contributed by atoms with van der Waals surface area (Å²) in [4.78, 5) is 11.3. The van der Waals surface area contributed by atoms with Crippen LogP contribution in [0, 0.1) is 0 Å². The van der Waals surface area contributed by atoms with E-state index < -0.39 is 34.7 Å². The molecule has 0 saturated carbocycles. The molecule has 1 amide bonds. The van der Waals surface area contributed by atoms with Crippen LogP contribution in [0.4, 0.5) is 8.78 Å². The van der Waals surface area contributed by atoms with Gasteiger partial charge in [-0.1, -0.05) is 6.07 Å². The molecule has 0 radical (unpaired) electrons. The summed E-state index contributed by atoms with van der Waals surface area (Å²) in [6.07, 6.45) is -2.79. The molecule has 0 aromatic carbocycles. The van der Waals surface area contributed by atoms with Crippen LogP contribution < -0.4 is 11.1 Å². The van der Waals surface area contributed by atoms with Gasteiger partial charge in [-0.3, -0.25) is 10.1 Å². The lowest BCUT2D eigenvalue weighted by Crippen LogP contribution is -2.46. The van der Waals surface area contributed by atoms with Gasteiger partial charge in [0.15, 0.2) is 0 Å². The van der Waals surface area contributed by atoms with Crippen LogP contribution in [0.3, 0.4) is 0 Å². The standard InChI is InChI=1S/C9H10F2N2O3S2/c10-8(11)7(6-2-1-3-17-6)13-5(9(12)14)4-18(15)16/h1-5,7-8,13H,(H2,12,14)/t5-,7-/m0/s1. The monoisotopic (exact) mass is 296 g/mol. The number of carbonyl (C=O) groups is 1. The maximum atomic E-state index is 12.8. The number of amides is 1. The van der Waals surface area contributed by atoms with Gasteiger partial charge in [0.25, 0.3) is 6.43 Å². The van der Waals surface area contributed by atoms with Gasteiger partial charge in [-0.25, -0.2) is 8.78 Å². The highest BCUT2D eigenvalue weighted by Crippen LogP contribution is 2.25. The van der Waals surface area contributed by atoms with Gasteiger partial charge in [0, 0.05) is 4.88 Å². The van der Waals surface area contributed by atoms with Crippen LogP contribution in [0.5, 0.6) is 0 Å². The quantitative estimate of drug-likeness (QED) is 0.733. The summed E-state index contributed by atoms with van der Waals surface area (Å²) < 4.78 is 46.6. The van der Waals surface area contributed by atoms with Crippen LogP contribution >= 0.6 is 11.3 Å². The lowest BCUT2D eigenvalue weighted by molar-refractivity contribution is -0.118. The molecule has 0 aliphatic carbocycles. The minimum Gasteiger partial charge on any atom is -0.368 e. The third kappa shape index (κ3) is 4.17. The number of carbonyl (C=O) groups excluding carboxylic acids is 1. The highest BCUT2D eigenvalue weighted by atomic mass is 32.2. The highest BCUT2D eigenvalue weighted by molar-refractivity contribution is 7.71. The van der Waals surface area contributed by atoms with E-state index >= 15 is 0 Å². The number of hydrogen-bond donors (Lipinski definition) is 2. The third-order valence-corrected chi connectivity index (χ3v) is 3.46. The molecule has 1 rings (SSSR count). The summed E-state index contributed by atoms with van der Waals surface area (Å²) in [6.45, 7) is 0. The van der Waals surface area contributed by atoms with Crippen LogP contribution in [0.1, 0.15) is 10.9 Å². The number of alkyl halides is 2. The van der Waals surface area contributed by atoms with Crippen molar-refractivity contribution < 1.29 is 22.0 Å². The van der Waals surface area contributed by atoms with Gasteiger partial charge in [0.05, 0.1) is 5.37 Å². The number of nitrogens with one attached hydrogen (secondary N) is 1. The number of thiophene rings is 1. The van der Waals surface area contributed by atoms with Crippen molar-refractivity contribution in [2.75, 3.05) is 0 Å². The van der Waals surface area contributed by atoms with Gasteiger partial charge < -0.3 is 5.73 Å². The van der Waals surface area contributed by atoms with Gasteiger partial charge in [0.1, 0.15) is 12.1 Å². The van der Waals surface area contributed by atoms with Gasteiger partial charge in [-0.05, 0) is 11.4 Å². The van der Waals surface area contributed by atoms with Crippen molar-refractivity contribution in [2.24, 2.45) is 5.73 Å². The van der Waals surface area contributed by atoms with E-state index in [1.807, 2.05) is 0 Å². The van der Waals surface area contributed by atoms with E-state index in [4.69, 9.17) is 5.73 Å². The second-order valence-electron chi connectivity index (χ2n) is 3.27. The van der Waals surface area contributed by atoms with E-state index in [9.17, 15) is 22.0 Å². The number of primary amides is 1. The normalized spacial score (nSPS) is 14.2. The Bertz CT molecular complexity index is 520. The van der Waals surface area contributed by atoms with Crippen molar-refractivity contribution in [1.82, 2.24) is 5.32 Å². The Morgan fingerprint density at radius 2 is 2.17 bits per heavy atom. The Kier molecular flexibility index (Phi) is 5.38. The molecule has 9 heteroatoms. The zero-order valence-electron chi connectivity index (χ0n) is 8.92. The summed E-state index contributed by atoms with van der Waals surface area (Å²) in [6, 6.07) is 0.124. The van der Waals surface area contributed by atoms with E-state index in [-0.39, 0.29) is 0 Å². The first-order valence-corrected chi connectivity index (χ1v) is 6.73. The molecule has 0 bridgehead atoms. The molecule has 1 heterocycles. The van der Waals surface area contributed by atoms with Crippen LogP contribution in [-0.4, -0.2) is 32.2 Å². The number of halogens is 2. The predicted octanol–water partition coefficient (Wildman–Crippen LogP) is 0.179. The number of rotatable bonds is 6. The Morgan fingerprint density at radius 1 is 1.50 bits per heavy atom. The van der Waals surface area contributed by atoms with Crippen molar-refractivity contribution in [3.05, 3.63) is 22.4 Å². The van der Waals surface area contributed by atoms with Crippen molar-refractivity contribution in [1.29, 1.82) is 0 Å². The summed E-state index contributed by atoms with van der Waals surface area (Å²) in [5.74, 6) is -1.04. The second kappa shape index (κ2) is 6.57. The Morgan fingerprint density at radius 3 is 2.56 bits per heavy atom. The van der Waals surface area contributed by atoms with Crippen molar-refractivity contribution in [2.45, 2.75) is 18.5 Å². The smallest absolute Gasteiger partial charge is 0.258 e. The summed E-state index contributed by atoms with van der Waals surface area (Å²) in [5, 5.41) is 4.37. The molecule has 3 N–H and O–H groups in total. The average Bonchev–Trinajstić information content (AvgIpc) is 2.75. The molecule has 0 fully saturated rings. The van der Waals surface area contributed by atoms with E-state index in [2.05, 4.69) is 5.32 Å². The zero-order chi connectivity index (χ0) is 13.7. The second-order valence-corrected chi connectivity index (χ2v) is 5.04. The lowest BCUT2D eigenvalue weighted by atomic mass is 10.2. The molecule has 0 spiro atoms. The number of hydrogen-bond acceptors (Lipinski definition) is 5. The van der Waals surface area contributed by atoms with Crippen LogP contribution in [0.15, 0.2) is 17.5 Å². The molecule has 100 valence electrons. The third-order valence-electron chi connectivity index (χ3n) is 2.01. The van der Waals surface area contributed by atoms with Gasteiger partial charge in [0.2, 0.25) is 16.2 Å². The van der Waals surface area contributed by atoms with Crippen molar-refractivity contribution >= 4 is 32.9 Å². The lowest BCUT2D eigenvalue weighted by Gasteiger charge is -2.19. The minimum atomic E-state index is -2.79. The Balaban J connectivity index is 2.95. The van der Waals surface area contributed by atoms with Gasteiger partial charge in [-0.2, -0.15) is 8.42 Å². The van der Waals surface area contributed by atoms with E-state index in [1.54, 1.807) is 11.4 Å².